The van der Waals surface area contributed by atoms with Gasteiger partial charge in [-0.15, -0.1) is 0 Å². The summed E-state index contributed by atoms with van der Waals surface area (Å²) in [5, 5.41) is 8.97. The first kappa shape index (κ1) is 10.6. The molecule has 0 amide bonds. The molecule has 0 aromatic rings. The number of esters is 1. The Hall–Kier alpha value is -1.49. The molecule has 0 radical (unpaired) electrons. The van der Waals surface area contributed by atoms with Crippen LogP contribution in [-0.2, 0) is 9.53 Å². The van der Waals surface area contributed by atoms with Gasteiger partial charge in [0.2, 0.25) is 0 Å². The molecular formula is C9H14N2O3. The van der Waals surface area contributed by atoms with Crippen LogP contribution in [0.5, 0.6) is 0 Å². The highest BCUT2D eigenvalue weighted by Crippen LogP contribution is 2.15. The lowest BCUT2D eigenvalue weighted by Gasteiger charge is -2.27. The van der Waals surface area contributed by atoms with E-state index in [9.17, 15) is 4.79 Å². The Kier molecular flexibility index (Phi) is 3.14. The van der Waals surface area contributed by atoms with E-state index in [2.05, 4.69) is 6.58 Å². The summed E-state index contributed by atoms with van der Waals surface area (Å²) in [5.41, 5.74) is 0. The van der Waals surface area contributed by atoms with E-state index in [1.807, 2.05) is 0 Å². The van der Waals surface area contributed by atoms with E-state index < -0.39 is 18.4 Å². The lowest BCUT2D eigenvalue weighted by Crippen LogP contribution is -2.40. The molecule has 78 valence electrons. The minimum absolute atomic E-state index is 0.547. The maximum Gasteiger partial charge on any atom is 0.337 e. The fraction of sp³-hybridized carbons (Fsp3) is 0.444. The highest BCUT2D eigenvalue weighted by Gasteiger charge is 2.26. The van der Waals surface area contributed by atoms with Crippen molar-refractivity contribution in [3.8, 4) is 0 Å². The largest absolute Gasteiger partial charge is 0.420 e. The van der Waals surface area contributed by atoms with Crippen molar-refractivity contribution in [1.29, 1.82) is 0 Å². The molecule has 1 aliphatic heterocycles. The second-order valence-corrected chi connectivity index (χ2v) is 3.03. The molecule has 1 heterocycles. The lowest BCUT2D eigenvalue weighted by molar-refractivity contribution is -0.172. The number of carbonyl (C=O) groups is 1. The molecule has 0 aromatic carbocycles. The van der Waals surface area contributed by atoms with Crippen LogP contribution >= 0.6 is 0 Å². The van der Waals surface area contributed by atoms with Crippen LogP contribution < -0.4 is 0 Å². The quantitative estimate of drug-likeness (QED) is 0.650. The van der Waals surface area contributed by atoms with Gasteiger partial charge in [0.1, 0.15) is 6.10 Å². The molecule has 1 N–H and O–H groups in total. The Bertz CT molecular complexity index is 263. The van der Waals surface area contributed by atoms with Gasteiger partial charge in [0, 0.05) is 25.6 Å². The van der Waals surface area contributed by atoms with Crippen molar-refractivity contribution in [3.63, 3.8) is 0 Å². The zero-order valence-electron chi connectivity index (χ0n) is 8.25. The third-order valence-electron chi connectivity index (χ3n) is 1.85. The number of aliphatic hydroxyl groups excluding tert-OH is 1. The molecule has 0 aromatic heterocycles. The van der Waals surface area contributed by atoms with Crippen LogP contribution in [0.15, 0.2) is 25.2 Å². The van der Waals surface area contributed by atoms with Gasteiger partial charge in [-0.25, -0.2) is 4.79 Å². The Morgan fingerprint density at radius 1 is 1.71 bits per heavy atom. The summed E-state index contributed by atoms with van der Waals surface area (Å²) in [7, 11) is 1.76. The van der Waals surface area contributed by atoms with Gasteiger partial charge in [-0.1, -0.05) is 6.58 Å². The molecule has 0 saturated carbocycles. The highest BCUT2D eigenvalue weighted by atomic mass is 16.6. The molecule has 5 nitrogen and oxygen atoms in total. The fourth-order valence-corrected chi connectivity index (χ4v) is 1.04. The monoisotopic (exact) mass is 198 g/mol. The second-order valence-electron chi connectivity index (χ2n) is 3.03. The summed E-state index contributed by atoms with van der Waals surface area (Å²) >= 11 is 0. The number of aliphatic hydroxyl groups is 1. The van der Waals surface area contributed by atoms with Crippen molar-refractivity contribution >= 4 is 5.97 Å². The van der Waals surface area contributed by atoms with Crippen molar-refractivity contribution in [1.82, 2.24) is 9.80 Å². The van der Waals surface area contributed by atoms with Crippen LogP contribution in [0.4, 0.5) is 0 Å². The zero-order valence-corrected chi connectivity index (χ0v) is 8.25. The standard InChI is InChI=1S/C9H14N2O3/c1-4-11-6-5-10(3)9(11)14-8(13)7(2)12/h4-7,9,12H,1H2,2-3H3. The summed E-state index contributed by atoms with van der Waals surface area (Å²) in [4.78, 5) is 14.4. The third-order valence-corrected chi connectivity index (χ3v) is 1.85. The molecule has 5 heteroatoms. The van der Waals surface area contributed by atoms with Crippen LogP contribution in [0.25, 0.3) is 0 Å². The first-order valence-electron chi connectivity index (χ1n) is 4.25. The van der Waals surface area contributed by atoms with Crippen molar-refractivity contribution < 1.29 is 14.6 Å². The maximum absolute atomic E-state index is 11.1. The minimum atomic E-state index is -1.12. The Labute approximate surface area is 82.9 Å². The van der Waals surface area contributed by atoms with Gasteiger partial charge >= 0.3 is 5.97 Å². The highest BCUT2D eigenvalue weighted by molar-refractivity contribution is 5.73. The van der Waals surface area contributed by atoms with E-state index in [0.717, 1.165) is 0 Å². The number of carbonyl (C=O) groups excluding carboxylic acids is 1. The van der Waals surface area contributed by atoms with Crippen LogP contribution in [-0.4, -0.2) is 40.4 Å². The Morgan fingerprint density at radius 2 is 2.36 bits per heavy atom. The maximum atomic E-state index is 11.1. The van der Waals surface area contributed by atoms with E-state index in [4.69, 9.17) is 9.84 Å². The van der Waals surface area contributed by atoms with Crippen LogP contribution in [0, 0.1) is 0 Å². The first-order chi connectivity index (χ1) is 6.56. The van der Waals surface area contributed by atoms with Gasteiger partial charge in [0.05, 0.1) is 0 Å². The predicted molar refractivity (Wildman–Crippen MR) is 50.5 cm³/mol. The van der Waals surface area contributed by atoms with Crippen molar-refractivity contribution in [2.24, 2.45) is 0 Å². The molecule has 0 saturated heterocycles. The molecule has 0 bridgehead atoms. The second kappa shape index (κ2) is 4.15. The topological polar surface area (TPSA) is 53.0 Å². The van der Waals surface area contributed by atoms with Gasteiger partial charge in [-0.3, -0.25) is 0 Å². The molecule has 14 heavy (non-hydrogen) atoms. The fourth-order valence-electron chi connectivity index (χ4n) is 1.04. The van der Waals surface area contributed by atoms with E-state index in [0.29, 0.717) is 0 Å². The minimum Gasteiger partial charge on any atom is -0.420 e. The molecule has 0 spiro atoms. The summed E-state index contributed by atoms with van der Waals surface area (Å²) in [6, 6.07) is 0. The molecular weight excluding hydrogens is 184 g/mol. The SMILES string of the molecule is C=CN1C=CN(C)C1OC(=O)C(C)O. The number of ether oxygens (including phenoxy) is 1. The third kappa shape index (κ3) is 2.05. The number of hydrogen-bond acceptors (Lipinski definition) is 5. The van der Waals surface area contributed by atoms with E-state index in [-0.39, 0.29) is 0 Å². The average molecular weight is 198 g/mol. The van der Waals surface area contributed by atoms with Crippen molar-refractivity contribution in [3.05, 3.63) is 25.2 Å². The van der Waals surface area contributed by atoms with Crippen LogP contribution in [0.1, 0.15) is 6.92 Å². The van der Waals surface area contributed by atoms with Gasteiger partial charge in [-0.2, -0.15) is 0 Å². The van der Waals surface area contributed by atoms with Crippen LogP contribution in [0.3, 0.4) is 0 Å². The van der Waals surface area contributed by atoms with Crippen molar-refractivity contribution in [2.45, 2.75) is 19.4 Å². The molecule has 0 fully saturated rings. The van der Waals surface area contributed by atoms with E-state index in [1.54, 1.807) is 35.4 Å². The Balaban J connectivity index is 2.59. The lowest BCUT2D eigenvalue weighted by atomic mass is 10.4. The summed E-state index contributed by atoms with van der Waals surface area (Å²) in [6.07, 6.45) is 3.36. The smallest absolute Gasteiger partial charge is 0.337 e. The summed E-state index contributed by atoms with van der Waals surface area (Å²) in [6.45, 7) is 4.94. The van der Waals surface area contributed by atoms with Gasteiger partial charge in [-0.05, 0) is 6.92 Å². The van der Waals surface area contributed by atoms with Gasteiger partial charge < -0.3 is 19.6 Å². The molecule has 2 unspecified atom stereocenters. The van der Waals surface area contributed by atoms with Crippen LogP contribution in [0.2, 0.25) is 0 Å². The number of hydrogen-bond donors (Lipinski definition) is 1. The normalized spacial score (nSPS) is 22.4. The number of nitrogens with zero attached hydrogens (tertiary/aromatic N) is 2. The predicted octanol–water partition coefficient (Wildman–Crippen LogP) is 0.0561. The first-order valence-corrected chi connectivity index (χ1v) is 4.25. The summed E-state index contributed by atoms with van der Waals surface area (Å²) in [5.74, 6) is -0.655. The number of rotatable bonds is 3. The molecule has 1 rings (SSSR count). The van der Waals surface area contributed by atoms with Gasteiger partial charge in [0.25, 0.3) is 6.35 Å². The molecule has 2 atom stereocenters. The average Bonchev–Trinajstić information content (AvgIpc) is 2.47. The molecule has 0 aliphatic carbocycles. The van der Waals surface area contributed by atoms with Crippen molar-refractivity contribution in [2.75, 3.05) is 7.05 Å². The zero-order chi connectivity index (χ0) is 10.7. The Morgan fingerprint density at radius 3 is 2.86 bits per heavy atom. The van der Waals surface area contributed by atoms with E-state index in [1.165, 1.54) is 6.92 Å². The van der Waals surface area contributed by atoms with Gasteiger partial charge in [0.15, 0.2) is 0 Å². The molecule has 1 aliphatic rings. The summed E-state index contributed by atoms with van der Waals surface area (Å²) < 4.78 is 5.02. The van der Waals surface area contributed by atoms with E-state index >= 15 is 0 Å².